The van der Waals surface area contributed by atoms with Crippen molar-refractivity contribution in [2.45, 2.75) is 39.5 Å². The maximum atomic E-state index is 6.93. The van der Waals surface area contributed by atoms with E-state index in [0.717, 1.165) is 44.4 Å². The topological polar surface area (TPSA) is 35.9 Å². The van der Waals surface area contributed by atoms with Gasteiger partial charge in [0.1, 0.15) is 17.0 Å². The third kappa shape index (κ3) is 4.75. The highest BCUT2D eigenvalue weighted by molar-refractivity contribution is 6.17. The summed E-state index contributed by atoms with van der Waals surface area (Å²) >= 11 is 0. The van der Waals surface area contributed by atoms with Crippen LogP contribution in [0.15, 0.2) is 150 Å². The van der Waals surface area contributed by atoms with Crippen molar-refractivity contribution in [1.29, 1.82) is 0 Å². The summed E-state index contributed by atoms with van der Waals surface area (Å²) < 4.78 is 11.7. The van der Waals surface area contributed by atoms with Crippen molar-refractivity contribution in [2.24, 2.45) is 7.05 Å². The van der Waals surface area contributed by atoms with Crippen molar-refractivity contribution in [3.8, 4) is 28.2 Å². The molecule has 0 bridgehead atoms. The van der Waals surface area contributed by atoms with E-state index < -0.39 is 0 Å². The van der Waals surface area contributed by atoms with E-state index in [2.05, 4.69) is 189 Å². The molecular formula is C52H41N3O. The molecule has 0 N–H and O–H groups in total. The third-order valence-electron chi connectivity index (χ3n) is 12.0. The van der Waals surface area contributed by atoms with Gasteiger partial charge < -0.3 is 8.98 Å². The van der Waals surface area contributed by atoms with Crippen molar-refractivity contribution in [3.63, 3.8) is 0 Å². The normalized spacial score (nSPS) is 12.3. The lowest BCUT2D eigenvalue weighted by molar-refractivity contribution is 0.670. The van der Waals surface area contributed by atoms with Crippen molar-refractivity contribution in [1.82, 2.24) is 14.1 Å². The molecule has 0 fully saturated rings. The Hall–Kier alpha value is -6.65. The molecular weight excluding hydrogens is 683 g/mol. The highest BCUT2D eigenvalue weighted by Gasteiger charge is 2.26. The lowest BCUT2D eigenvalue weighted by atomic mass is 9.88. The zero-order valence-electron chi connectivity index (χ0n) is 32.3. The van der Waals surface area contributed by atoms with Gasteiger partial charge in [0, 0.05) is 39.6 Å². The minimum atomic E-state index is 0.252. The number of nitrogens with zero attached hydrogens (tertiary/aromatic N) is 3. The van der Waals surface area contributed by atoms with Crippen molar-refractivity contribution >= 4 is 76.3 Å². The minimum Gasteiger partial charge on any atom is -0.455 e. The second-order valence-electron chi connectivity index (χ2n) is 16.0. The van der Waals surface area contributed by atoms with Crippen LogP contribution in [0.3, 0.4) is 0 Å². The fraction of sp³-hybridized carbons (Fsp3) is 0.135. The molecule has 0 saturated carbocycles. The van der Waals surface area contributed by atoms with Gasteiger partial charge in [0.2, 0.25) is 0 Å². The molecule has 4 nitrogen and oxygen atoms in total. The standard InChI is InChI=1S/C52H41N3O/c1-30(2)41-26-35(33-23-24-38-37-15-8-10-19-46(37)54(5)48(38)28-33)27-42(31(3)4)50(41)55-47-20-11-9-18-45(47)53-52(55)40-17-12-16-39-44-25-34-22-21-32-13-6-7-14-36(32)43(34)29-49(44)56-51(39)40/h6-31H,1-5H3. The van der Waals surface area contributed by atoms with Crippen molar-refractivity contribution in [2.75, 3.05) is 0 Å². The molecule has 0 aliphatic rings. The Morgan fingerprint density at radius 3 is 1.98 bits per heavy atom. The van der Waals surface area contributed by atoms with Crippen LogP contribution in [0.1, 0.15) is 50.7 Å². The van der Waals surface area contributed by atoms with E-state index in [9.17, 15) is 0 Å². The summed E-state index contributed by atoms with van der Waals surface area (Å²) in [6.07, 6.45) is 0. The smallest absolute Gasteiger partial charge is 0.149 e. The first-order valence-corrected chi connectivity index (χ1v) is 19.7. The van der Waals surface area contributed by atoms with Gasteiger partial charge in [-0.1, -0.05) is 119 Å². The SMILES string of the molecule is CC(C)c1cc(-c2ccc3c4ccccc4n(C)c3c2)cc(C(C)C)c1-n1c(-c2cccc3c2oc2cc4c(ccc5ccccc54)cc23)nc2ccccc21. The average molecular weight is 724 g/mol. The summed E-state index contributed by atoms with van der Waals surface area (Å²) in [4.78, 5) is 5.42. The number of aromatic nitrogens is 3. The molecule has 11 aromatic rings. The van der Waals surface area contributed by atoms with Crippen LogP contribution in [0.2, 0.25) is 0 Å². The predicted molar refractivity (Wildman–Crippen MR) is 236 cm³/mol. The van der Waals surface area contributed by atoms with E-state index in [-0.39, 0.29) is 11.8 Å². The molecule has 4 heteroatoms. The zero-order valence-corrected chi connectivity index (χ0v) is 32.3. The summed E-state index contributed by atoms with van der Waals surface area (Å²) in [5.41, 5.74) is 13.5. The number of aryl methyl sites for hydroxylation is 1. The molecule has 0 saturated heterocycles. The van der Waals surface area contributed by atoms with Crippen LogP contribution in [-0.4, -0.2) is 14.1 Å². The van der Waals surface area contributed by atoms with E-state index in [4.69, 9.17) is 9.40 Å². The van der Waals surface area contributed by atoms with Crippen LogP contribution in [-0.2, 0) is 7.05 Å². The van der Waals surface area contributed by atoms with Gasteiger partial charge in [-0.2, -0.15) is 0 Å². The molecule has 0 unspecified atom stereocenters. The molecule has 3 heterocycles. The molecule has 0 atom stereocenters. The van der Waals surface area contributed by atoms with E-state index in [1.54, 1.807) is 0 Å². The van der Waals surface area contributed by atoms with E-state index in [1.165, 1.54) is 71.3 Å². The Morgan fingerprint density at radius 2 is 1.18 bits per heavy atom. The van der Waals surface area contributed by atoms with Gasteiger partial charge in [0.15, 0.2) is 0 Å². The van der Waals surface area contributed by atoms with Crippen LogP contribution in [0.25, 0.3) is 105 Å². The van der Waals surface area contributed by atoms with Gasteiger partial charge in [0.05, 0.1) is 22.3 Å². The molecule has 56 heavy (non-hydrogen) atoms. The Balaban J connectivity index is 1.16. The highest BCUT2D eigenvalue weighted by atomic mass is 16.3. The molecule has 11 rings (SSSR count). The molecule has 8 aromatic carbocycles. The lowest BCUT2D eigenvalue weighted by Crippen LogP contribution is -2.09. The van der Waals surface area contributed by atoms with Gasteiger partial charge in [-0.05, 0) is 110 Å². The molecule has 270 valence electrons. The van der Waals surface area contributed by atoms with Crippen LogP contribution in [0.5, 0.6) is 0 Å². The Morgan fingerprint density at radius 1 is 0.500 bits per heavy atom. The first kappa shape index (κ1) is 32.8. The summed E-state index contributed by atoms with van der Waals surface area (Å²) in [6.45, 7) is 9.25. The fourth-order valence-corrected chi connectivity index (χ4v) is 9.23. The molecule has 0 aliphatic carbocycles. The number of imidazole rings is 1. The summed E-state index contributed by atoms with van der Waals surface area (Å²) in [5.74, 6) is 1.39. The molecule has 3 aromatic heterocycles. The van der Waals surface area contributed by atoms with Gasteiger partial charge >= 0.3 is 0 Å². The number of para-hydroxylation sites is 4. The Bertz CT molecular complexity index is 3360. The van der Waals surface area contributed by atoms with Crippen molar-refractivity contribution in [3.05, 3.63) is 157 Å². The van der Waals surface area contributed by atoms with Crippen LogP contribution in [0, 0.1) is 0 Å². The van der Waals surface area contributed by atoms with Crippen LogP contribution < -0.4 is 0 Å². The van der Waals surface area contributed by atoms with E-state index >= 15 is 0 Å². The maximum Gasteiger partial charge on any atom is 0.149 e. The number of hydrogen-bond donors (Lipinski definition) is 0. The van der Waals surface area contributed by atoms with Gasteiger partial charge in [0.25, 0.3) is 0 Å². The Labute approximate surface area is 325 Å². The third-order valence-corrected chi connectivity index (χ3v) is 12.0. The minimum absolute atomic E-state index is 0.252. The lowest BCUT2D eigenvalue weighted by Gasteiger charge is -2.24. The molecule has 0 aliphatic heterocycles. The number of benzene rings is 8. The van der Waals surface area contributed by atoms with Crippen LogP contribution >= 0.6 is 0 Å². The molecule has 0 amide bonds. The zero-order chi connectivity index (χ0) is 37.8. The van der Waals surface area contributed by atoms with Gasteiger partial charge in [-0.3, -0.25) is 4.57 Å². The molecule has 0 radical (unpaired) electrons. The summed E-state index contributed by atoms with van der Waals surface area (Å²) in [6, 6.07) is 53.1. The van der Waals surface area contributed by atoms with Crippen LogP contribution in [0.4, 0.5) is 0 Å². The molecule has 0 spiro atoms. The van der Waals surface area contributed by atoms with Gasteiger partial charge in [-0.25, -0.2) is 4.98 Å². The summed E-state index contributed by atoms with van der Waals surface area (Å²) in [5, 5.41) is 9.66. The number of rotatable bonds is 5. The number of furan rings is 1. The predicted octanol–water partition coefficient (Wildman–Crippen LogP) is 14.5. The largest absolute Gasteiger partial charge is 0.455 e. The first-order chi connectivity index (χ1) is 27.3. The van der Waals surface area contributed by atoms with E-state index in [1.807, 2.05) is 0 Å². The second kappa shape index (κ2) is 12.2. The quantitative estimate of drug-likeness (QED) is 0.166. The van der Waals surface area contributed by atoms with Crippen molar-refractivity contribution < 1.29 is 4.42 Å². The first-order valence-electron chi connectivity index (χ1n) is 19.7. The maximum absolute atomic E-state index is 6.93. The highest BCUT2D eigenvalue weighted by Crippen LogP contribution is 2.44. The second-order valence-corrected chi connectivity index (χ2v) is 16.0. The fourth-order valence-electron chi connectivity index (χ4n) is 9.23. The number of fused-ring (bicyclic) bond motifs is 10. The van der Waals surface area contributed by atoms with E-state index in [0.29, 0.717) is 0 Å². The van der Waals surface area contributed by atoms with Gasteiger partial charge in [-0.15, -0.1) is 0 Å². The Kier molecular flexibility index (Phi) is 7.12. The monoisotopic (exact) mass is 723 g/mol. The summed E-state index contributed by atoms with van der Waals surface area (Å²) in [7, 11) is 2.18. The average Bonchev–Trinajstić information content (AvgIpc) is 3.88. The number of hydrogen-bond acceptors (Lipinski definition) is 2.